The molecule has 0 aliphatic heterocycles. The largest absolute Gasteiger partial charge is 0.455 e. The van der Waals surface area contributed by atoms with Crippen molar-refractivity contribution in [2.24, 2.45) is 0 Å². The number of sulfonamides is 1. The minimum atomic E-state index is -3.83. The lowest BCUT2D eigenvalue weighted by Gasteiger charge is -2.20. The van der Waals surface area contributed by atoms with Crippen molar-refractivity contribution >= 4 is 21.9 Å². The molecule has 0 saturated carbocycles. The van der Waals surface area contributed by atoms with E-state index in [1.54, 1.807) is 46.8 Å². The van der Waals surface area contributed by atoms with Crippen LogP contribution < -0.4 is 10.0 Å². The van der Waals surface area contributed by atoms with Gasteiger partial charge in [0.2, 0.25) is 10.0 Å². The molecule has 134 valence electrons. The number of benzene rings is 1. The standard InChI is InChI=1S/C16H24N2O5S/c1-11-6-7-12(2)13(8-11)24(21,22)17-9-15(20)23-10-14(19)18-16(3,4)5/h6-8,17H,9-10H2,1-5H3,(H,18,19). The molecule has 0 atom stereocenters. The molecule has 1 amide bonds. The Kier molecular flexibility index (Phi) is 6.50. The molecule has 1 rings (SSSR count). The monoisotopic (exact) mass is 356 g/mol. The van der Waals surface area contributed by atoms with Gasteiger partial charge in [-0.25, -0.2) is 8.42 Å². The highest BCUT2D eigenvalue weighted by Gasteiger charge is 2.19. The zero-order valence-corrected chi connectivity index (χ0v) is 15.4. The van der Waals surface area contributed by atoms with Gasteiger partial charge in [-0.05, 0) is 51.8 Å². The highest BCUT2D eigenvalue weighted by Crippen LogP contribution is 2.16. The van der Waals surface area contributed by atoms with Gasteiger partial charge in [-0.1, -0.05) is 12.1 Å². The van der Waals surface area contributed by atoms with Crippen LogP contribution in [0.3, 0.4) is 0 Å². The minimum Gasteiger partial charge on any atom is -0.455 e. The summed E-state index contributed by atoms with van der Waals surface area (Å²) >= 11 is 0. The van der Waals surface area contributed by atoms with Crippen LogP contribution in [0.1, 0.15) is 31.9 Å². The summed E-state index contributed by atoms with van der Waals surface area (Å²) in [7, 11) is -3.83. The SMILES string of the molecule is Cc1ccc(C)c(S(=O)(=O)NCC(=O)OCC(=O)NC(C)(C)C)c1. The van der Waals surface area contributed by atoms with Crippen LogP contribution in [0.15, 0.2) is 23.1 Å². The Morgan fingerprint density at radius 2 is 1.79 bits per heavy atom. The summed E-state index contributed by atoms with van der Waals surface area (Å²) in [5.74, 6) is -1.28. The highest BCUT2D eigenvalue weighted by atomic mass is 32.2. The summed E-state index contributed by atoms with van der Waals surface area (Å²) in [4.78, 5) is 23.3. The number of aryl methyl sites for hydroxylation is 2. The lowest BCUT2D eigenvalue weighted by atomic mass is 10.1. The fourth-order valence-electron chi connectivity index (χ4n) is 1.88. The Bertz CT molecular complexity index is 720. The van der Waals surface area contributed by atoms with Crippen LogP contribution in [0.2, 0.25) is 0 Å². The zero-order chi connectivity index (χ0) is 18.5. The summed E-state index contributed by atoms with van der Waals surface area (Å²) in [6.45, 7) is 7.84. The molecule has 0 unspecified atom stereocenters. The molecule has 0 aromatic heterocycles. The van der Waals surface area contributed by atoms with Gasteiger partial charge in [-0.15, -0.1) is 0 Å². The molecule has 8 heteroatoms. The number of carbonyl (C=O) groups is 2. The summed E-state index contributed by atoms with van der Waals surface area (Å²) in [6.07, 6.45) is 0. The molecule has 0 aliphatic rings. The van der Waals surface area contributed by atoms with Crippen molar-refractivity contribution in [2.75, 3.05) is 13.2 Å². The van der Waals surface area contributed by atoms with Gasteiger partial charge in [0.1, 0.15) is 6.54 Å². The van der Waals surface area contributed by atoms with Gasteiger partial charge in [0.05, 0.1) is 4.90 Å². The number of carbonyl (C=O) groups excluding carboxylic acids is 2. The molecule has 2 N–H and O–H groups in total. The van der Waals surface area contributed by atoms with E-state index in [0.29, 0.717) is 5.56 Å². The average Bonchev–Trinajstić information content (AvgIpc) is 2.43. The first-order valence-corrected chi connectivity index (χ1v) is 8.92. The fourth-order valence-corrected chi connectivity index (χ4v) is 3.18. The number of hydrogen-bond acceptors (Lipinski definition) is 5. The predicted molar refractivity (Wildman–Crippen MR) is 90.0 cm³/mol. The number of hydrogen-bond donors (Lipinski definition) is 2. The van der Waals surface area contributed by atoms with Crippen molar-refractivity contribution in [1.82, 2.24) is 10.0 Å². The van der Waals surface area contributed by atoms with E-state index in [-0.39, 0.29) is 4.90 Å². The Morgan fingerprint density at radius 3 is 2.38 bits per heavy atom. The topological polar surface area (TPSA) is 102 Å². The smallest absolute Gasteiger partial charge is 0.321 e. The van der Waals surface area contributed by atoms with E-state index >= 15 is 0 Å². The van der Waals surface area contributed by atoms with E-state index in [2.05, 4.69) is 10.0 Å². The van der Waals surface area contributed by atoms with E-state index in [1.807, 2.05) is 0 Å². The molecule has 0 spiro atoms. The Labute approximate surface area is 142 Å². The first-order chi connectivity index (χ1) is 10.9. The molecule has 1 aromatic rings. The van der Waals surface area contributed by atoms with Crippen LogP contribution in [-0.4, -0.2) is 39.0 Å². The highest BCUT2D eigenvalue weighted by molar-refractivity contribution is 7.89. The van der Waals surface area contributed by atoms with Crippen molar-refractivity contribution in [1.29, 1.82) is 0 Å². The van der Waals surface area contributed by atoms with E-state index in [4.69, 9.17) is 4.74 Å². The van der Waals surface area contributed by atoms with Crippen molar-refractivity contribution in [3.05, 3.63) is 29.3 Å². The number of esters is 1. The Balaban J connectivity index is 2.57. The maximum atomic E-state index is 12.2. The van der Waals surface area contributed by atoms with Gasteiger partial charge < -0.3 is 10.1 Å². The Hall–Kier alpha value is -1.93. The van der Waals surface area contributed by atoms with Crippen LogP contribution >= 0.6 is 0 Å². The van der Waals surface area contributed by atoms with Crippen molar-refractivity contribution in [3.8, 4) is 0 Å². The summed E-state index contributed by atoms with van der Waals surface area (Å²) in [6, 6.07) is 5.02. The fraction of sp³-hybridized carbons (Fsp3) is 0.500. The van der Waals surface area contributed by atoms with E-state index in [0.717, 1.165) is 5.56 Å². The van der Waals surface area contributed by atoms with Gasteiger partial charge in [0.15, 0.2) is 6.61 Å². The zero-order valence-electron chi connectivity index (χ0n) is 14.6. The number of ether oxygens (including phenoxy) is 1. The van der Waals surface area contributed by atoms with E-state index in [1.165, 1.54) is 6.07 Å². The van der Waals surface area contributed by atoms with Gasteiger partial charge >= 0.3 is 5.97 Å². The van der Waals surface area contributed by atoms with Crippen LogP contribution in [0.5, 0.6) is 0 Å². The maximum Gasteiger partial charge on any atom is 0.321 e. The quantitative estimate of drug-likeness (QED) is 0.742. The molecule has 1 aromatic carbocycles. The third-order valence-electron chi connectivity index (χ3n) is 2.92. The van der Waals surface area contributed by atoms with E-state index in [9.17, 15) is 18.0 Å². The lowest BCUT2D eigenvalue weighted by Crippen LogP contribution is -2.43. The molecular weight excluding hydrogens is 332 g/mol. The number of nitrogens with one attached hydrogen (secondary N) is 2. The molecule has 0 heterocycles. The van der Waals surface area contributed by atoms with Crippen molar-refractivity contribution in [2.45, 2.75) is 45.1 Å². The number of amides is 1. The second kappa shape index (κ2) is 7.76. The second-order valence-electron chi connectivity index (χ2n) is 6.55. The Morgan fingerprint density at radius 1 is 1.17 bits per heavy atom. The second-order valence-corrected chi connectivity index (χ2v) is 8.29. The minimum absolute atomic E-state index is 0.112. The first-order valence-electron chi connectivity index (χ1n) is 7.44. The van der Waals surface area contributed by atoms with Crippen molar-refractivity contribution in [3.63, 3.8) is 0 Å². The van der Waals surface area contributed by atoms with Crippen LogP contribution in [0, 0.1) is 13.8 Å². The molecule has 0 saturated heterocycles. The van der Waals surface area contributed by atoms with Crippen LogP contribution in [0.25, 0.3) is 0 Å². The molecule has 0 radical (unpaired) electrons. The van der Waals surface area contributed by atoms with Crippen molar-refractivity contribution < 1.29 is 22.7 Å². The average molecular weight is 356 g/mol. The third kappa shape index (κ3) is 6.67. The molecule has 0 fully saturated rings. The van der Waals surface area contributed by atoms with Gasteiger partial charge in [0.25, 0.3) is 5.91 Å². The molecule has 0 aliphatic carbocycles. The number of rotatable bonds is 6. The van der Waals surface area contributed by atoms with Crippen LogP contribution in [0.4, 0.5) is 0 Å². The normalized spacial score (nSPS) is 11.9. The van der Waals surface area contributed by atoms with Gasteiger partial charge in [-0.3, -0.25) is 9.59 Å². The molecule has 0 bridgehead atoms. The molecular formula is C16H24N2O5S. The summed E-state index contributed by atoms with van der Waals surface area (Å²) in [5, 5.41) is 2.63. The first kappa shape index (κ1) is 20.1. The van der Waals surface area contributed by atoms with Gasteiger partial charge in [0, 0.05) is 5.54 Å². The maximum absolute atomic E-state index is 12.2. The third-order valence-corrected chi connectivity index (χ3v) is 4.46. The van der Waals surface area contributed by atoms with Crippen LogP contribution in [-0.2, 0) is 24.3 Å². The predicted octanol–water partition coefficient (Wildman–Crippen LogP) is 1.04. The molecule has 7 nitrogen and oxygen atoms in total. The van der Waals surface area contributed by atoms with E-state index < -0.39 is 40.6 Å². The lowest BCUT2D eigenvalue weighted by molar-refractivity contribution is -0.147. The molecule has 24 heavy (non-hydrogen) atoms. The summed E-state index contributed by atoms with van der Waals surface area (Å²) in [5.41, 5.74) is 0.932. The van der Waals surface area contributed by atoms with Gasteiger partial charge in [-0.2, -0.15) is 4.72 Å². The summed E-state index contributed by atoms with van der Waals surface area (Å²) < 4.78 is 31.4.